The van der Waals surface area contributed by atoms with Gasteiger partial charge in [-0.15, -0.1) is 0 Å². The average molecular weight is 482 g/mol. The van der Waals surface area contributed by atoms with E-state index in [0.29, 0.717) is 4.68 Å². The Bertz CT molecular complexity index is 1270. The summed E-state index contributed by atoms with van der Waals surface area (Å²) in [6.45, 7) is -0.673. The molecule has 1 fully saturated rings. The molecule has 12 heteroatoms. The maximum atomic E-state index is 14.0. The van der Waals surface area contributed by atoms with Crippen LogP contribution >= 0.6 is 0 Å². The maximum absolute atomic E-state index is 14.0. The molecule has 3 aromatic rings. The van der Waals surface area contributed by atoms with Crippen LogP contribution in [0.4, 0.5) is 17.6 Å². The summed E-state index contributed by atoms with van der Waals surface area (Å²) in [5, 5.41) is 3.77. The summed E-state index contributed by atoms with van der Waals surface area (Å²) in [4.78, 5) is 13.6. The summed E-state index contributed by atoms with van der Waals surface area (Å²) in [5.41, 5.74) is -1.69. The smallest absolute Gasteiger partial charge is 0.336 e. The highest BCUT2D eigenvalue weighted by molar-refractivity contribution is 7.89. The van der Waals surface area contributed by atoms with Gasteiger partial charge in [-0.25, -0.2) is 17.5 Å². The van der Waals surface area contributed by atoms with E-state index in [9.17, 15) is 30.8 Å². The molecule has 7 nitrogen and oxygen atoms in total. The summed E-state index contributed by atoms with van der Waals surface area (Å²) in [6.07, 6.45) is -3.99. The minimum absolute atomic E-state index is 0.143. The molecule has 33 heavy (non-hydrogen) atoms. The van der Waals surface area contributed by atoms with Gasteiger partial charge >= 0.3 is 6.18 Å². The summed E-state index contributed by atoms with van der Waals surface area (Å²) in [7, 11) is -4.15. The van der Waals surface area contributed by atoms with Crippen molar-refractivity contribution < 1.29 is 30.8 Å². The zero-order valence-corrected chi connectivity index (χ0v) is 17.9. The van der Waals surface area contributed by atoms with Crippen molar-refractivity contribution in [3.8, 4) is 5.69 Å². The van der Waals surface area contributed by atoms with Gasteiger partial charge in [0.15, 0.2) is 5.69 Å². The van der Waals surface area contributed by atoms with Gasteiger partial charge < -0.3 is 4.90 Å². The lowest BCUT2D eigenvalue weighted by Crippen LogP contribution is -2.50. The fourth-order valence-corrected chi connectivity index (χ4v) is 5.12. The van der Waals surface area contributed by atoms with Crippen molar-refractivity contribution in [3.63, 3.8) is 0 Å². The van der Waals surface area contributed by atoms with Crippen molar-refractivity contribution in [1.29, 1.82) is 0 Å². The molecular weight excluding hydrogens is 464 g/mol. The van der Waals surface area contributed by atoms with Crippen molar-refractivity contribution in [1.82, 2.24) is 19.0 Å². The van der Waals surface area contributed by atoms with Crippen LogP contribution in [0, 0.1) is 5.82 Å². The Morgan fingerprint density at radius 3 is 2.12 bits per heavy atom. The number of para-hydroxylation sites is 1. The Kier molecular flexibility index (Phi) is 5.97. The molecule has 2 aromatic carbocycles. The molecule has 4 rings (SSSR count). The first-order chi connectivity index (χ1) is 15.6. The topological polar surface area (TPSA) is 75.5 Å². The van der Waals surface area contributed by atoms with Crippen LogP contribution in [-0.2, 0) is 16.2 Å². The second-order valence-electron chi connectivity index (χ2n) is 7.28. The molecule has 0 radical (unpaired) electrons. The highest BCUT2D eigenvalue weighted by atomic mass is 32.2. The highest BCUT2D eigenvalue weighted by Gasteiger charge is 2.42. The summed E-state index contributed by atoms with van der Waals surface area (Å²) in [5.74, 6) is -1.81. The zero-order chi connectivity index (χ0) is 23.8. The third-order valence-corrected chi connectivity index (χ3v) is 7.18. The molecule has 1 saturated heterocycles. The monoisotopic (exact) mass is 482 g/mol. The quantitative estimate of drug-likeness (QED) is 0.536. The van der Waals surface area contributed by atoms with Crippen LogP contribution in [-0.4, -0.2) is 59.5 Å². The number of sulfonamides is 1. The number of carbonyl (C=O) groups excluding carboxylic acids is 1. The van der Waals surface area contributed by atoms with Gasteiger partial charge in [0.25, 0.3) is 5.91 Å². The van der Waals surface area contributed by atoms with Gasteiger partial charge in [0.1, 0.15) is 10.7 Å². The first-order valence-electron chi connectivity index (χ1n) is 9.85. The molecule has 0 saturated carbocycles. The van der Waals surface area contributed by atoms with E-state index in [-0.39, 0.29) is 31.9 Å². The molecule has 0 aliphatic carbocycles. The van der Waals surface area contributed by atoms with Gasteiger partial charge in [-0.1, -0.05) is 30.3 Å². The first-order valence-corrected chi connectivity index (χ1v) is 11.3. The molecule has 1 amide bonds. The molecule has 174 valence electrons. The van der Waals surface area contributed by atoms with E-state index >= 15 is 0 Å². The normalized spacial score (nSPS) is 15.6. The number of amides is 1. The molecular formula is C21H18F4N4O3S. The number of hydrogen-bond donors (Lipinski definition) is 0. The first kappa shape index (κ1) is 22.9. The van der Waals surface area contributed by atoms with Crippen molar-refractivity contribution in [2.75, 3.05) is 26.2 Å². The van der Waals surface area contributed by atoms with E-state index < -0.39 is 44.1 Å². The number of alkyl halides is 3. The number of piperazine rings is 1. The Hall–Kier alpha value is -3.25. The lowest BCUT2D eigenvalue weighted by molar-refractivity contribution is -0.143. The second-order valence-corrected chi connectivity index (χ2v) is 9.19. The van der Waals surface area contributed by atoms with Crippen molar-refractivity contribution >= 4 is 15.9 Å². The summed E-state index contributed by atoms with van der Waals surface area (Å²) < 4.78 is 82.6. The maximum Gasteiger partial charge on any atom is 0.434 e. The van der Waals surface area contributed by atoms with Crippen molar-refractivity contribution in [3.05, 3.63) is 77.9 Å². The van der Waals surface area contributed by atoms with Crippen LogP contribution in [0.2, 0.25) is 0 Å². The van der Waals surface area contributed by atoms with E-state index in [1.54, 1.807) is 18.2 Å². The molecule has 1 aliphatic heterocycles. The number of carbonyl (C=O) groups is 1. The minimum atomic E-state index is -4.85. The molecule has 0 N–H and O–H groups in total. The van der Waals surface area contributed by atoms with Crippen LogP contribution in [0.3, 0.4) is 0 Å². The van der Waals surface area contributed by atoms with Crippen LogP contribution in [0.15, 0.2) is 65.7 Å². The molecule has 1 aliphatic rings. The van der Waals surface area contributed by atoms with Crippen LogP contribution in [0.25, 0.3) is 5.69 Å². The Labute approximate surface area is 186 Å². The predicted octanol–water partition coefficient (Wildman–Crippen LogP) is 3.18. The SMILES string of the molecule is O=C(c1cnn(-c2ccccc2)c1C(F)(F)F)N1CCN(S(=O)(=O)c2ccccc2F)CC1. The Morgan fingerprint density at radius 2 is 1.52 bits per heavy atom. The van der Waals surface area contributed by atoms with Gasteiger partial charge in [0, 0.05) is 26.2 Å². The summed E-state index contributed by atoms with van der Waals surface area (Å²) in [6, 6.07) is 12.5. The second kappa shape index (κ2) is 8.60. The Morgan fingerprint density at radius 1 is 0.909 bits per heavy atom. The van der Waals surface area contributed by atoms with Gasteiger partial charge in [-0.05, 0) is 24.3 Å². The van der Waals surface area contributed by atoms with E-state index in [0.717, 1.165) is 27.5 Å². The molecule has 1 aromatic heterocycles. The number of halogens is 4. The fourth-order valence-electron chi connectivity index (χ4n) is 3.64. The summed E-state index contributed by atoms with van der Waals surface area (Å²) >= 11 is 0. The van der Waals surface area contributed by atoms with Gasteiger partial charge in [0.05, 0.1) is 17.4 Å². The molecule has 0 spiro atoms. The van der Waals surface area contributed by atoms with Crippen LogP contribution in [0.5, 0.6) is 0 Å². The molecule has 0 unspecified atom stereocenters. The molecule has 0 bridgehead atoms. The lowest BCUT2D eigenvalue weighted by atomic mass is 10.2. The van der Waals surface area contributed by atoms with E-state index in [1.165, 1.54) is 24.3 Å². The van der Waals surface area contributed by atoms with Gasteiger partial charge in [0.2, 0.25) is 10.0 Å². The predicted molar refractivity (Wildman–Crippen MR) is 110 cm³/mol. The Balaban J connectivity index is 1.56. The largest absolute Gasteiger partial charge is 0.434 e. The van der Waals surface area contributed by atoms with Crippen LogP contribution in [0.1, 0.15) is 16.1 Å². The number of benzene rings is 2. The van der Waals surface area contributed by atoms with E-state index in [2.05, 4.69) is 5.10 Å². The van der Waals surface area contributed by atoms with Crippen molar-refractivity contribution in [2.45, 2.75) is 11.1 Å². The third-order valence-electron chi connectivity index (χ3n) is 5.25. The third kappa shape index (κ3) is 4.35. The fraction of sp³-hybridized carbons (Fsp3) is 0.238. The minimum Gasteiger partial charge on any atom is -0.336 e. The standard InChI is InChI=1S/C21H18F4N4O3S/c22-17-8-4-5-9-18(17)33(31,32)28-12-10-27(11-13-28)20(30)16-14-26-29(19(16)21(23,24)25)15-6-2-1-3-7-15/h1-9,14H,10-13H2. The van der Waals surface area contributed by atoms with Gasteiger partial charge in [-0.3, -0.25) is 4.79 Å². The number of nitrogens with zero attached hydrogens (tertiary/aromatic N) is 4. The average Bonchev–Trinajstić information content (AvgIpc) is 3.25. The number of rotatable bonds is 4. The van der Waals surface area contributed by atoms with Crippen molar-refractivity contribution in [2.24, 2.45) is 0 Å². The van der Waals surface area contributed by atoms with Crippen LogP contribution < -0.4 is 0 Å². The number of aromatic nitrogens is 2. The molecule has 0 atom stereocenters. The highest BCUT2D eigenvalue weighted by Crippen LogP contribution is 2.34. The molecule has 2 heterocycles. The van der Waals surface area contributed by atoms with E-state index in [4.69, 9.17) is 0 Å². The number of hydrogen-bond acceptors (Lipinski definition) is 4. The lowest BCUT2D eigenvalue weighted by Gasteiger charge is -2.34. The van der Waals surface area contributed by atoms with Gasteiger partial charge in [-0.2, -0.15) is 22.6 Å². The zero-order valence-electron chi connectivity index (χ0n) is 17.0. The van der Waals surface area contributed by atoms with E-state index in [1.807, 2.05) is 0 Å².